The van der Waals surface area contributed by atoms with Crippen LogP contribution in [0.5, 0.6) is 0 Å². The van der Waals surface area contributed by atoms with Gasteiger partial charge in [0, 0.05) is 35.3 Å². The Morgan fingerprint density at radius 3 is 2.81 bits per heavy atom. The maximum absolute atomic E-state index is 12.5. The quantitative estimate of drug-likeness (QED) is 0.383. The number of rotatable bonds is 8. The lowest BCUT2D eigenvalue weighted by atomic mass is 10.2. The van der Waals surface area contributed by atoms with E-state index in [1.165, 1.54) is 6.20 Å². The molecule has 0 aliphatic heterocycles. The summed E-state index contributed by atoms with van der Waals surface area (Å²) in [7, 11) is 0. The second-order valence-corrected chi connectivity index (χ2v) is 8.01. The van der Waals surface area contributed by atoms with Gasteiger partial charge >= 0.3 is 0 Å². The second kappa shape index (κ2) is 9.94. The molecule has 27 heavy (non-hydrogen) atoms. The number of carbonyl (C=O) groups is 1. The summed E-state index contributed by atoms with van der Waals surface area (Å²) < 4.78 is 0. The van der Waals surface area contributed by atoms with Crippen molar-refractivity contribution >= 4 is 58.0 Å². The molecular formula is C18H16Cl2N4OS2. The van der Waals surface area contributed by atoms with Gasteiger partial charge in [0.25, 0.3) is 5.91 Å². The zero-order valence-electron chi connectivity index (χ0n) is 14.1. The summed E-state index contributed by atoms with van der Waals surface area (Å²) >= 11 is 15.1. The molecule has 0 spiro atoms. The van der Waals surface area contributed by atoms with Gasteiger partial charge in [0.2, 0.25) is 0 Å². The Bertz CT molecular complexity index is 906. The molecule has 0 unspecified atom stereocenters. The normalized spacial score (nSPS) is 10.6. The number of amides is 1. The van der Waals surface area contributed by atoms with Crippen LogP contribution in [-0.4, -0.2) is 29.0 Å². The largest absolute Gasteiger partial charge is 0.367 e. The van der Waals surface area contributed by atoms with Crippen LogP contribution in [-0.2, 0) is 5.75 Å². The van der Waals surface area contributed by atoms with Crippen LogP contribution in [0, 0.1) is 0 Å². The lowest BCUT2D eigenvalue weighted by Gasteiger charge is -2.11. The van der Waals surface area contributed by atoms with Crippen LogP contribution in [0.4, 0.5) is 5.82 Å². The Morgan fingerprint density at radius 2 is 2.04 bits per heavy atom. The van der Waals surface area contributed by atoms with Crippen molar-refractivity contribution in [2.75, 3.05) is 18.4 Å². The van der Waals surface area contributed by atoms with Gasteiger partial charge in [-0.15, -0.1) is 23.1 Å². The third-order valence-electron chi connectivity index (χ3n) is 3.50. The molecule has 2 N–H and O–H groups in total. The number of benzene rings is 1. The number of hydrogen-bond acceptors (Lipinski definition) is 6. The summed E-state index contributed by atoms with van der Waals surface area (Å²) in [5.41, 5.74) is 3.47. The SMILES string of the molecule is O=C(NCCNc1ncc(Cl)cc1Cl)c1ccccc1SCc1cscn1. The number of hydrogen-bond donors (Lipinski definition) is 2. The van der Waals surface area contributed by atoms with Gasteiger partial charge < -0.3 is 10.6 Å². The fourth-order valence-electron chi connectivity index (χ4n) is 2.24. The Kier molecular flexibility index (Phi) is 7.34. The van der Waals surface area contributed by atoms with Crippen molar-refractivity contribution in [3.63, 3.8) is 0 Å². The van der Waals surface area contributed by atoms with E-state index in [-0.39, 0.29) is 5.91 Å². The average molecular weight is 439 g/mol. The fraction of sp³-hybridized carbons (Fsp3) is 0.167. The van der Waals surface area contributed by atoms with Crippen LogP contribution >= 0.6 is 46.3 Å². The summed E-state index contributed by atoms with van der Waals surface area (Å²) in [6.45, 7) is 0.929. The van der Waals surface area contributed by atoms with E-state index < -0.39 is 0 Å². The summed E-state index contributed by atoms with van der Waals surface area (Å²) in [5, 5.41) is 8.92. The van der Waals surface area contributed by atoms with Crippen molar-refractivity contribution in [1.82, 2.24) is 15.3 Å². The molecule has 1 aromatic carbocycles. The van der Waals surface area contributed by atoms with Crippen molar-refractivity contribution < 1.29 is 4.79 Å². The second-order valence-electron chi connectivity index (χ2n) is 5.43. The van der Waals surface area contributed by atoms with Crippen LogP contribution < -0.4 is 10.6 Å². The predicted molar refractivity (Wildman–Crippen MR) is 113 cm³/mol. The minimum atomic E-state index is -0.117. The number of thiazole rings is 1. The van der Waals surface area contributed by atoms with Gasteiger partial charge in [-0.05, 0) is 18.2 Å². The maximum Gasteiger partial charge on any atom is 0.252 e. The molecule has 0 radical (unpaired) electrons. The Balaban J connectivity index is 1.52. The number of nitrogens with one attached hydrogen (secondary N) is 2. The van der Waals surface area contributed by atoms with Gasteiger partial charge in [0.15, 0.2) is 0 Å². The summed E-state index contributed by atoms with van der Waals surface area (Å²) in [5.74, 6) is 1.15. The van der Waals surface area contributed by atoms with Crippen LogP contribution in [0.15, 0.2) is 52.3 Å². The summed E-state index contributed by atoms with van der Waals surface area (Å²) in [6, 6.07) is 9.17. The number of carbonyl (C=O) groups excluding carboxylic acids is 1. The topological polar surface area (TPSA) is 66.9 Å². The first-order valence-corrected chi connectivity index (χ1v) is 10.7. The highest BCUT2D eigenvalue weighted by atomic mass is 35.5. The van der Waals surface area contributed by atoms with Crippen molar-refractivity contribution in [1.29, 1.82) is 0 Å². The first kappa shape index (κ1) is 19.9. The first-order chi connectivity index (χ1) is 13.1. The molecule has 2 aromatic heterocycles. The summed E-state index contributed by atoms with van der Waals surface area (Å²) in [6.07, 6.45) is 1.52. The molecule has 5 nitrogen and oxygen atoms in total. The zero-order valence-corrected chi connectivity index (χ0v) is 17.3. The molecule has 0 aliphatic rings. The Morgan fingerprint density at radius 1 is 1.19 bits per heavy atom. The van der Waals surface area contributed by atoms with Crippen LogP contribution in [0.2, 0.25) is 10.0 Å². The number of aromatic nitrogens is 2. The van der Waals surface area contributed by atoms with E-state index in [1.54, 1.807) is 29.2 Å². The Labute approximate surface area is 175 Å². The molecule has 0 saturated carbocycles. The van der Waals surface area contributed by atoms with E-state index in [9.17, 15) is 4.79 Å². The van der Waals surface area contributed by atoms with Gasteiger partial charge in [-0.25, -0.2) is 9.97 Å². The molecule has 9 heteroatoms. The molecule has 0 bridgehead atoms. The molecule has 140 valence electrons. The number of thioether (sulfide) groups is 1. The number of pyridine rings is 1. The zero-order chi connectivity index (χ0) is 19.1. The number of nitrogens with zero attached hydrogens (tertiary/aromatic N) is 2. The molecule has 1 amide bonds. The van der Waals surface area contributed by atoms with E-state index in [4.69, 9.17) is 23.2 Å². The number of anilines is 1. The molecule has 3 rings (SSSR count). The average Bonchev–Trinajstić information content (AvgIpc) is 3.18. The molecule has 0 fully saturated rings. The highest BCUT2D eigenvalue weighted by molar-refractivity contribution is 7.98. The maximum atomic E-state index is 12.5. The fourth-order valence-corrected chi connectivity index (χ4v) is 4.30. The van der Waals surface area contributed by atoms with Gasteiger partial charge in [0.05, 0.1) is 26.8 Å². The van der Waals surface area contributed by atoms with Crippen molar-refractivity contribution in [3.05, 3.63) is 68.7 Å². The minimum Gasteiger partial charge on any atom is -0.367 e. The lowest BCUT2D eigenvalue weighted by Crippen LogP contribution is -2.29. The van der Waals surface area contributed by atoms with Crippen LogP contribution in [0.25, 0.3) is 0 Å². The van der Waals surface area contributed by atoms with Crippen LogP contribution in [0.3, 0.4) is 0 Å². The van der Waals surface area contributed by atoms with E-state index >= 15 is 0 Å². The molecule has 2 heterocycles. The van der Waals surface area contributed by atoms with E-state index in [1.807, 2.05) is 35.2 Å². The van der Waals surface area contributed by atoms with Gasteiger partial charge in [-0.2, -0.15) is 0 Å². The molecule has 0 saturated heterocycles. The van der Waals surface area contributed by atoms with Crippen LogP contribution in [0.1, 0.15) is 16.1 Å². The van der Waals surface area contributed by atoms with E-state index in [0.717, 1.165) is 16.3 Å². The van der Waals surface area contributed by atoms with Gasteiger partial charge in [-0.1, -0.05) is 35.3 Å². The highest BCUT2D eigenvalue weighted by Crippen LogP contribution is 2.26. The predicted octanol–water partition coefficient (Wildman–Crippen LogP) is 4.98. The van der Waals surface area contributed by atoms with Gasteiger partial charge in [-0.3, -0.25) is 4.79 Å². The van der Waals surface area contributed by atoms with Crippen molar-refractivity contribution in [3.8, 4) is 0 Å². The molecule has 0 aliphatic carbocycles. The smallest absolute Gasteiger partial charge is 0.252 e. The highest BCUT2D eigenvalue weighted by Gasteiger charge is 2.11. The number of halogens is 2. The van der Waals surface area contributed by atoms with Crippen molar-refractivity contribution in [2.24, 2.45) is 0 Å². The lowest BCUT2D eigenvalue weighted by molar-refractivity contribution is 0.0952. The summed E-state index contributed by atoms with van der Waals surface area (Å²) in [4.78, 5) is 21.8. The first-order valence-electron chi connectivity index (χ1n) is 8.05. The standard InChI is InChI=1S/C18H16Cl2N4OS2/c19-12-7-15(20)17(23-8-12)21-5-6-22-18(25)14-3-1-2-4-16(14)27-10-13-9-26-11-24-13/h1-4,7-9,11H,5-6,10H2,(H,21,23)(H,22,25). The third kappa shape index (κ3) is 5.84. The van der Waals surface area contributed by atoms with Crippen molar-refractivity contribution in [2.45, 2.75) is 10.6 Å². The van der Waals surface area contributed by atoms with E-state index in [0.29, 0.717) is 34.5 Å². The Hall–Kier alpha value is -1.80. The molecular weight excluding hydrogens is 423 g/mol. The van der Waals surface area contributed by atoms with Gasteiger partial charge in [0.1, 0.15) is 5.82 Å². The molecule has 0 atom stereocenters. The third-order valence-corrected chi connectivity index (χ3v) is 5.74. The monoisotopic (exact) mass is 438 g/mol. The minimum absolute atomic E-state index is 0.117. The van der Waals surface area contributed by atoms with E-state index in [2.05, 4.69) is 20.6 Å². The molecule has 3 aromatic rings.